The molecule has 0 fully saturated rings. The molecule has 0 spiro atoms. The molecule has 3 aromatic rings. The summed E-state index contributed by atoms with van der Waals surface area (Å²) >= 11 is 0. The van der Waals surface area contributed by atoms with E-state index in [0.717, 1.165) is 5.56 Å². The number of carbonyl (C=O) groups is 2. The lowest BCUT2D eigenvalue weighted by Gasteiger charge is -2.27. The van der Waals surface area contributed by atoms with Gasteiger partial charge in [0.1, 0.15) is 23.9 Å². The zero-order chi connectivity index (χ0) is 27.8. The van der Waals surface area contributed by atoms with Crippen molar-refractivity contribution in [1.29, 1.82) is 0 Å². The van der Waals surface area contributed by atoms with Crippen LogP contribution < -0.4 is 14.8 Å². The zero-order valence-electron chi connectivity index (χ0n) is 22.1. The Bertz CT molecular complexity index is 1330. The normalized spacial score (nSPS) is 14.5. The van der Waals surface area contributed by atoms with Gasteiger partial charge in [-0.25, -0.2) is 14.2 Å². The van der Waals surface area contributed by atoms with Crippen LogP contribution in [0.1, 0.15) is 23.6 Å². The molecule has 1 N–H and O–H groups in total. The highest BCUT2D eigenvalue weighted by Crippen LogP contribution is 2.34. The molecule has 3 aromatic carbocycles. The molecule has 0 bridgehead atoms. The van der Waals surface area contributed by atoms with E-state index in [0.29, 0.717) is 34.9 Å². The van der Waals surface area contributed by atoms with Gasteiger partial charge >= 0.3 is 6.03 Å². The minimum atomic E-state index is -0.497. The van der Waals surface area contributed by atoms with Gasteiger partial charge in [0.2, 0.25) is 0 Å². The number of carbonyl (C=O) groups excluding carboxylic acids is 2. The van der Waals surface area contributed by atoms with E-state index in [4.69, 9.17) is 14.2 Å². The standard InChI is InChI=1S/C29H31FN4O5/c1-37-17-16-33(29(36)31-24-10-6-7-11-27(24)39-3)19-28(35)34-26(20-12-14-21(38-2)15-13-20)18-25(32-34)22-8-4-5-9-23(22)30/h4-15,26H,16-19H2,1-3H3,(H,31,36)/t26-/m1/s1. The number of nitrogens with zero attached hydrogens (tertiary/aromatic N) is 3. The number of methoxy groups -OCH3 is 3. The lowest BCUT2D eigenvalue weighted by molar-refractivity contribution is -0.133. The quantitative estimate of drug-likeness (QED) is 0.407. The van der Waals surface area contributed by atoms with Crippen LogP contribution in [-0.4, -0.2) is 68.6 Å². The first-order valence-electron chi connectivity index (χ1n) is 12.4. The van der Waals surface area contributed by atoms with E-state index in [-0.39, 0.29) is 19.7 Å². The van der Waals surface area contributed by atoms with Gasteiger partial charge in [-0.1, -0.05) is 42.5 Å². The number of hydrazone groups is 1. The van der Waals surface area contributed by atoms with Gasteiger partial charge < -0.3 is 24.4 Å². The lowest BCUT2D eigenvalue weighted by atomic mass is 9.98. The average Bonchev–Trinajstić information content (AvgIpc) is 3.41. The fourth-order valence-electron chi connectivity index (χ4n) is 4.32. The van der Waals surface area contributed by atoms with E-state index in [9.17, 15) is 14.0 Å². The third-order valence-electron chi connectivity index (χ3n) is 6.38. The largest absolute Gasteiger partial charge is 0.497 e. The first kappa shape index (κ1) is 27.6. The van der Waals surface area contributed by atoms with E-state index >= 15 is 0 Å². The number of nitrogens with one attached hydrogen (secondary N) is 1. The van der Waals surface area contributed by atoms with Crippen LogP contribution in [0.15, 0.2) is 77.9 Å². The van der Waals surface area contributed by atoms with Crippen LogP contribution in [0.25, 0.3) is 0 Å². The summed E-state index contributed by atoms with van der Waals surface area (Å²) in [6.45, 7) is 0.109. The molecule has 0 saturated heterocycles. The number of halogens is 1. The first-order chi connectivity index (χ1) is 18.9. The number of rotatable bonds is 10. The summed E-state index contributed by atoms with van der Waals surface area (Å²) in [4.78, 5) is 28.3. The Kier molecular flexibility index (Phi) is 9.11. The van der Waals surface area contributed by atoms with Crippen molar-refractivity contribution in [2.24, 2.45) is 5.10 Å². The fourth-order valence-corrected chi connectivity index (χ4v) is 4.32. The number of amides is 3. The Labute approximate surface area is 226 Å². The molecule has 0 aromatic heterocycles. The van der Waals surface area contributed by atoms with Gasteiger partial charge in [-0.3, -0.25) is 4.79 Å². The van der Waals surface area contributed by atoms with Crippen LogP contribution in [0.5, 0.6) is 11.5 Å². The summed E-state index contributed by atoms with van der Waals surface area (Å²) in [6.07, 6.45) is 0.310. The summed E-state index contributed by atoms with van der Waals surface area (Å²) in [5, 5.41) is 8.68. The maximum Gasteiger partial charge on any atom is 0.322 e. The summed E-state index contributed by atoms with van der Waals surface area (Å²) < 4.78 is 30.4. The van der Waals surface area contributed by atoms with Crippen molar-refractivity contribution in [3.63, 3.8) is 0 Å². The second-order valence-electron chi connectivity index (χ2n) is 8.80. The van der Waals surface area contributed by atoms with E-state index in [1.807, 2.05) is 12.1 Å². The predicted octanol–water partition coefficient (Wildman–Crippen LogP) is 4.70. The molecule has 1 aliphatic heterocycles. The van der Waals surface area contributed by atoms with Crippen molar-refractivity contribution < 1.29 is 28.2 Å². The summed E-state index contributed by atoms with van der Waals surface area (Å²) in [7, 11) is 4.60. The first-order valence-corrected chi connectivity index (χ1v) is 12.4. The molecule has 1 atom stereocenters. The van der Waals surface area contributed by atoms with Crippen LogP contribution in [-0.2, 0) is 9.53 Å². The van der Waals surface area contributed by atoms with Crippen molar-refractivity contribution in [2.75, 3.05) is 46.3 Å². The van der Waals surface area contributed by atoms with Crippen molar-refractivity contribution in [2.45, 2.75) is 12.5 Å². The second-order valence-corrected chi connectivity index (χ2v) is 8.80. The third kappa shape index (κ3) is 6.53. The van der Waals surface area contributed by atoms with E-state index in [2.05, 4.69) is 10.4 Å². The van der Waals surface area contributed by atoms with Crippen molar-refractivity contribution >= 4 is 23.3 Å². The fraction of sp³-hybridized carbons (Fsp3) is 0.276. The van der Waals surface area contributed by atoms with Crippen molar-refractivity contribution in [3.05, 3.63) is 89.7 Å². The highest BCUT2D eigenvalue weighted by atomic mass is 19.1. The van der Waals surface area contributed by atoms with Crippen LogP contribution >= 0.6 is 0 Å². The number of para-hydroxylation sites is 2. The average molecular weight is 535 g/mol. The number of hydrogen-bond acceptors (Lipinski definition) is 6. The summed E-state index contributed by atoms with van der Waals surface area (Å²) in [5.41, 5.74) is 2.05. The van der Waals surface area contributed by atoms with Crippen molar-refractivity contribution in [1.82, 2.24) is 9.91 Å². The minimum Gasteiger partial charge on any atom is -0.497 e. The predicted molar refractivity (Wildman–Crippen MR) is 146 cm³/mol. The number of anilines is 1. The van der Waals surface area contributed by atoms with Crippen LogP contribution in [0, 0.1) is 5.82 Å². The molecule has 1 aliphatic rings. The molecule has 10 heteroatoms. The molecular weight excluding hydrogens is 503 g/mol. The molecule has 1 heterocycles. The number of urea groups is 1. The molecule has 204 valence electrons. The maximum absolute atomic E-state index is 14.6. The summed E-state index contributed by atoms with van der Waals surface area (Å²) in [6, 6.07) is 19.6. The molecule has 0 unspecified atom stereocenters. The monoisotopic (exact) mass is 534 g/mol. The Morgan fingerprint density at radius 1 is 1.00 bits per heavy atom. The highest BCUT2D eigenvalue weighted by Gasteiger charge is 2.35. The van der Waals surface area contributed by atoms with E-state index < -0.39 is 23.8 Å². The van der Waals surface area contributed by atoms with Gasteiger partial charge in [0.25, 0.3) is 5.91 Å². The van der Waals surface area contributed by atoms with Gasteiger partial charge in [0.05, 0.1) is 38.3 Å². The minimum absolute atomic E-state index is 0.161. The Hall–Kier alpha value is -4.44. The number of ether oxygens (including phenoxy) is 3. The molecule has 0 aliphatic carbocycles. The number of benzene rings is 3. The van der Waals surface area contributed by atoms with Crippen LogP contribution in [0.2, 0.25) is 0 Å². The van der Waals surface area contributed by atoms with E-state index in [1.54, 1.807) is 61.7 Å². The van der Waals surface area contributed by atoms with Gasteiger partial charge in [0.15, 0.2) is 0 Å². The Balaban J connectivity index is 1.60. The van der Waals surface area contributed by atoms with Gasteiger partial charge in [0, 0.05) is 25.6 Å². The smallest absolute Gasteiger partial charge is 0.322 e. The topological polar surface area (TPSA) is 92.7 Å². The maximum atomic E-state index is 14.6. The molecular formula is C29H31FN4O5. The summed E-state index contributed by atoms with van der Waals surface area (Å²) in [5.74, 6) is 0.316. The SMILES string of the molecule is COCCN(CC(=O)N1N=C(c2ccccc2F)C[C@@H]1c1ccc(OC)cc1)C(=O)Nc1ccccc1OC. The van der Waals surface area contributed by atoms with Crippen LogP contribution in [0.3, 0.4) is 0 Å². The van der Waals surface area contributed by atoms with Gasteiger partial charge in [-0.15, -0.1) is 0 Å². The van der Waals surface area contributed by atoms with Gasteiger partial charge in [-0.2, -0.15) is 5.10 Å². The van der Waals surface area contributed by atoms with Crippen LogP contribution in [0.4, 0.5) is 14.9 Å². The zero-order valence-corrected chi connectivity index (χ0v) is 22.1. The lowest BCUT2D eigenvalue weighted by Crippen LogP contribution is -2.44. The van der Waals surface area contributed by atoms with E-state index in [1.165, 1.54) is 30.2 Å². The van der Waals surface area contributed by atoms with Crippen molar-refractivity contribution in [3.8, 4) is 11.5 Å². The Morgan fingerprint density at radius 3 is 2.41 bits per heavy atom. The number of hydrogen-bond donors (Lipinski definition) is 1. The molecule has 3 amide bonds. The molecule has 9 nitrogen and oxygen atoms in total. The molecule has 39 heavy (non-hydrogen) atoms. The third-order valence-corrected chi connectivity index (χ3v) is 6.38. The second kappa shape index (κ2) is 12.9. The Morgan fingerprint density at radius 2 is 1.72 bits per heavy atom. The van der Waals surface area contributed by atoms with Gasteiger partial charge in [-0.05, 0) is 35.9 Å². The molecule has 0 saturated carbocycles. The molecule has 0 radical (unpaired) electrons. The molecule has 4 rings (SSSR count). The highest BCUT2D eigenvalue weighted by molar-refractivity contribution is 6.03.